The smallest absolute Gasteiger partial charge is 0.410 e. The Morgan fingerprint density at radius 1 is 0.976 bits per heavy atom. The lowest BCUT2D eigenvalue weighted by Crippen LogP contribution is -2.41. The van der Waals surface area contributed by atoms with Crippen LogP contribution in [0, 0.1) is 11.6 Å². The number of nitrogens with one attached hydrogen (secondary N) is 1. The predicted molar refractivity (Wildman–Crippen MR) is 152 cm³/mol. The maximum absolute atomic E-state index is 14.1. The first kappa shape index (κ1) is 30.5. The van der Waals surface area contributed by atoms with Gasteiger partial charge in [-0.1, -0.05) is 18.2 Å². The first-order valence-electron chi connectivity index (χ1n) is 13.5. The molecule has 1 atom stereocenters. The van der Waals surface area contributed by atoms with Crippen molar-refractivity contribution in [3.63, 3.8) is 0 Å². The van der Waals surface area contributed by atoms with Crippen molar-refractivity contribution in [3.8, 4) is 22.6 Å². The van der Waals surface area contributed by atoms with Crippen molar-refractivity contribution in [3.05, 3.63) is 71.6 Å². The van der Waals surface area contributed by atoms with Crippen molar-refractivity contribution in [2.24, 2.45) is 0 Å². The van der Waals surface area contributed by atoms with Crippen LogP contribution in [0.4, 0.5) is 13.6 Å². The normalized spacial score (nSPS) is 15.4. The summed E-state index contributed by atoms with van der Waals surface area (Å²) in [5.74, 6) is -4.01. The van der Waals surface area contributed by atoms with Crippen LogP contribution in [0.3, 0.4) is 0 Å². The zero-order chi connectivity index (χ0) is 31.0. The number of carboxylic acid groups (broad SMARTS) is 1. The third-order valence-corrected chi connectivity index (χ3v) is 6.46. The zero-order valence-corrected chi connectivity index (χ0v) is 24.5. The Morgan fingerprint density at radius 2 is 1.60 bits per heavy atom. The highest BCUT2D eigenvalue weighted by molar-refractivity contribution is 6.09. The Hall–Kier alpha value is -4.41. The van der Waals surface area contributed by atoms with Gasteiger partial charge in [0.15, 0.2) is 17.4 Å². The molecule has 0 saturated carbocycles. The molecule has 9 nitrogen and oxygen atoms in total. The van der Waals surface area contributed by atoms with Crippen LogP contribution in [0.5, 0.6) is 11.5 Å². The number of rotatable bonds is 6. The van der Waals surface area contributed by atoms with Gasteiger partial charge in [0.05, 0.1) is 11.6 Å². The molecular weight excluding hydrogens is 548 g/mol. The van der Waals surface area contributed by atoms with Gasteiger partial charge in [0.2, 0.25) is 0 Å². The van der Waals surface area contributed by atoms with E-state index in [2.05, 4.69) is 5.32 Å². The molecule has 2 amide bonds. The van der Waals surface area contributed by atoms with Crippen molar-refractivity contribution in [2.45, 2.75) is 65.1 Å². The lowest BCUT2D eigenvalue weighted by Gasteiger charge is -2.24. The number of carboxylic acids is 1. The minimum Gasteiger partial charge on any atom is -0.477 e. The van der Waals surface area contributed by atoms with Gasteiger partial charge < -0.3 is 29.4 Å². The van der Waals surface area contributed by atoms with Gasteiger partial charge >= 0.3 is 12.1 Å². The summed E-state index contributed by atoms with van der Waals surface area (Å²) in [7, 11) is 0. The van der Waals surface area contributed by atoms with Crippen molar-refractivity contribution < 1.29 is 37.7 Å². The molecule has 11 heteroatoms. The summed E-state index contributed by atoms with van der Waals surface area (Å²) in [6.07, 6.45) is 1.55. The van der Waals surface area contributed by atoms with E-state index in [1.807, 2.05) is 0 Å². The average molecular weight is 584 g/mol. The monoisotopic (exact) mass is 583 g/mol. The molecule has 1 aliphatic heterocycles. The second-order valence-corrected chi connectivity index (χ2v) is 12.2. The Morgan fingerprint density at radius 3 is 2.14 bits per heavy atom. The molecule has 0 bridgehead atoms. The van der Waals surface area contributed by atoms with Crippen molar-refractivity contribution in [1.82, 2.24) is 14.8 Å². The van der Waals surface area contributed by atoms with Crippen LogP contribution in [0.2, 0.25) is 0 Å². The molecule has 2 N–H and O–H groups in total. The number of aromatic nitrogens is 1. The Labute approximate surface area is 243 Å². The van der Waals surface area contributed by atoms with Gasteiger partial charge in [0.1, 0.15) is 17.0 Å². The quantitative estimate of drug-likeness (QED) is 0.337. The predicted octanol–water partition coefficient (Wildman–Crippen LogP) is 6.63. The Kier molecular flexibility index (Phi) is 8.34. The number of likely N-dealkylation sites (tertiary alicyclic amines) is 1. The van der Waals surface area contributed by atoms with Crippen LogP contribution >= 0.6 is 0 Å². The fraction of sp³-hybridized carbons (Fsp3) is 0.387. The number of carbonyl (C=O) groups is 3. The molecule has 0 aliphatic carbocycles. The summed E-state index contributed by atoms with van der Waals surface area (Å²) < 4.78 is 40.6. The van der Waals surface area contributed by atoms with E-state index in [1.165, 1.54) is 27.7 Å². The molecule has 1 fully saturated rings. The summed E-state index contributed by atoms with van der Waals surface area (Å²) in [6, 6.07) is 9.07. The van der Waals surface area contributed by atoms with Gasteiger partial charge in [-0.3, -0.25) is 4.79 Å². The highest BCUT2D eigenvalue weighted by atomic mass is 19.1. The summed E-state index contributed by atoms with van der Waals surface area (Å²) in [4.78, 5) is 40.4. The van der Waals surface area contributed by atoms with E-state index in [0.717, 1.165) is 12.1 Å². The summed E-state index contributed by atoms with van der Waals surface area (Å²) >= 11 is 0. The number of hydrogen-bond acceptors (Lipinski definition) is 5. The molecule has 224 valence electrons. The lowest BCUT2D eigenvalue weighted by atomic mass is 10.0. The van der Waals surface area contributed by atoms with E-state index < -0.39 is 52.5 Å². The molecule has 0 radical (unpaired) electrons. The number of nitrogens with zero attached hydrogens (tertiary/aromatic N) is 2. The van der Waals surface area contributed by atoms with E-state index in [9.17, 15) is 28.3 Å². The second kappa shape index (κ2) is 11.5. The van der Waals surface area contributed by atoms with Gasteiger partial charge in [0.25, 0.3) is 5.91 Å². The number of hydrogen-bond donors (Lipinski definition) is 2. The number of halogens is 2. The molecule has 4 rings (SSSR count). The summed E-state index contributed by atoms with van der Waals surface area (Å²) in [6.45, 7) is 11.2. The number of amides is 2. The fourth-order valence-electron chi connectivity index (χ4n) is 4.74. The molecule has 2 aromatic carbocycles. The minimum atomic E-state index is -1.30. The first-order chi connectivity index (χ1) is 19.5. The molecule has 42 heavy (non-hydrogen) atoms. The van der Waals surface area contributed by atoms with Crippen molar-refractivity contribution in [1.29, 1.82) is 0 Å². The molecule has 3 aromatic rings. The van der Waals surface area contributed by atoms with E-state index in [1.54, 1.807) is 59.9 Å². The molecule has 1 saturated heterocycles. The zero-order valence-electron chi connectivity index (χ0n) is 24.5. The topological polar surface area (TPSA) is 110 Å². The SMILES string of the molecule is CC(C)(C)NC(=O)c1c(-c2ccc(Oc3c(F)cccc3F)cc2)cn(C2CCN(C(=O)OC(C)(C)C)C2)c1C(=O)O. The number of carbonyl (C=O) groups excluding carboxylic acids is 2. The molecular formula is C31H35F2N3O6. The van der Waals surface area contributed by atoms with Crippen molar-refractivity contribution in [2.75, 3.05) is 13.1 Å². The van der Waals surface area contributed by atoms with Gasteiger partial charge in [-0.2, -0.15) is 0 Å². The molecule has 1 unspecified atom stereocenters. The van der Waals surface area contributed by atoms with Gasteiger partial charge in [-0.05, 0) is 77.8 Å². The summed E-state index contributed by atoms with van der Waals surface area (Å²) in [5.41, 5.74) is -0.770. The van der Waals surface area contributed by atoms with Crippen LogP contribution in [-0.2, 0) is 4.74 Å². The largest absolute Gasteiger partial charge is 0.477 e. The standard InChI is InChI=1S/C31H35F2N3O6/c1-30(2,3)34-27(37)24-21(18-10-12-20(13-11-18)41-26-22(32)8-7-9-23(26)33)17-36(25(24)28(38)39)19-14-15-35(16-19)29(40)42-31(4,5)6/h7-13,17,19H,14-16H2,1-6H3,(H,34,37)(H,38,39). The highest BCUT2D eigenvalue weighted by Gasteiger charge is 2.36. The molecule has 2 heterocycles. The maximum atomic E-state index is 14.1. The third kappa shape index (κ3) is 6.89. The van der Waals surface area contributed by atoms with E-state index in [0.29, 0.717) is 24.1 Å². The van der Waals surface area contributed by atoms with Gasteiger partial charge in [0, 0.05) is 30.4 Å². The van der Waals surface area contributed by atoms with Crippen LogP contribution in [-0.4, -0.2) is 56.8 Å². The number of aromatic carboxylic acids is 1. The number of ether oxygens (including phenoxy) is 2. The van der Waals surface area contributed by atoms with Crippen LogP contribution in [0.25, 0.3) is 11.1 Å². The van der Waals surface area contributed by atoms with Gasteiger partial charge in [-0.15, -0.1) is 0 Å². The fourth-order valence-corrected chi connectivity index (χ4v) is 4.74. The van der Waals surface area contributed by atoms with Crippen molar-refractivity contribution >= 4 is 18.0 Å². The van der Waals surface area contributed by atoms with Gasteiger partial charge in [-0.25, -0.2) is 18.4 Å². The Bertz CT molecular complexity index is 1480. The molecule has 1 aliphatic rings. The Balaban J connectivity index is 1.74. The number of para-hydroxylation sites is 1. The van der Waals surface area contributed by atoms with Crippen LogP contribution in [0.1, 0.15) is 74.9 Å². The molecule has 1 aromatic heterocycles. The lowest BCUT2D eigenvalue weighted by molar-refractivity contribution is 0.0289. The average Bonchev–Trinajstić information content (AvgIpc) is 3.50. The van der Waals surface area contributed by atoms with E-state index >= 15 is 0 Å². The number of benzene rings is 2. The minimum absolute atomic E-state index is 0.0399. The summed E-state index contributed by atoms with van der Waals surface area (Å²) in [5, 5.41) is 13.2. The van der Waals surface area contributed by atoms with E-state index in [4.69, 9.17) is 9.47 Å². The van der Waals surface area contributed by atoms with Crippen LogP contribution in [0.15, 0.2) is 48.7 Å². The third-order valence-electron chi connectivity index (χ3n) is 6.46. The highest BCUT2D eigenvalue weighted by Crippen LogP contribution is 2.36. The van der Waals surface area contributed by atoms with E-state index in [-0.39, 0.29) is 23.6 Å². The first-order valence-corrected chi connectivity index (χ1v) is 13.5. The maximum Gasteiger partial charge on any atom is 0.410 e. The van der Waals surface area contributed by atoms with Crippen LogP contribution < -0.4 is 10.1 Å². The molecule has 0 spiro atoms. The second-order valence-electron chi connectivity index (χ2n) is 12.2.